The Morgan fingerprint density at radius 2 is 1.13 bits per heavy atom. The van der Waals surface area contributed by atoms with Crippen molar-refractivity contribution < 1.29 is 56.8 Å². The normalized spacial score (nSPS) is 9.94. The molecule has 0 aliphatic heterocycles. The van der Waals surface area contributed by atoms with Gasteiger partial charge in [-0.25, -0.2) is 19.2 Å². The summed E-state index contributed by atoms with van der Waals surface area (Å²) in [6.07, 6.45) is -0.661. The van der Waals surface area contributed by atoms with Gasteiger partial charge in [-0.1, -0.05) is 63.7 Å². The van der Waals surface area contributed by atoms with Crippen molar-refractivity contribution in [1.82, 2.24) is 0 Å². The third-order valence-electron chi connectivity index (χ3n) is 7.55. The largest absolute Gasteiger partial charge is 0.507 e. The topological polar surface area (TPSA) is 247 Å². The summed E-state index contributed by atoms with van der Waals surface area (Å²) in [7, 11) is 0. The molecule has 63 heavy (non-hydrogen) atoms. The zero-order valence-electron chi connectivity index (χ0n) is 33.9. The number of ether oxygens (including phenoxy) is 5. The number of rotatable bonds is 10. The SMILES string of the molecule is CCOC(=O)COc1ccc(Br)cc1C#N.CCOC(=O)Nc1c(C(=O)OCC)oc2ccc(Br)cc12.CCOC(=O)c1oc2ccc(Br)cc2c1N.N#Cc1cc(Br)ccc1O. The van der Waals surface area contributed by atoms with Crippen LogP contribution in [0.4, 0.5) is 16.2 Å². The number of nitrogens with zero attached hydrogens (tertiary/aromatic N) is 2. The number of hydrogen-bond acceptors (Lipinski definition) is 15. The van der Waals surface area contributed by atoms with E-state index in [1.165, 1.54) is 6.07 Å². The lowest BCUT2D eigenvalue weighted by Gasteiger charge is -2.07. The number of carbonyl (C=O) groups excluding carboxylic acids is 4. The number of nitrogens with two attached hydrogens (primary N) is 1. The number of furan rings is 2. The van der Waals surface area contributed by atoms with Gasteiger partial charge in [0.05, 0.1) is 43.2 Å². The summed E-state index contributed by atoms with van der Waals surface area (Å²) in [5, 5.41) is 30.1. The van der Waals surface area contributed by atoms with Gasteiger partial charge in [0.2, 0.25) is 11.5 Å². The standard InChI is InChI=1S/C14H14BrNO5.2C11H10BrNO3.C7H4BrNO/c1-3-19-13(17)12-11(16-14(18)20-4-2)9-7-8(15)5-6-10(9)21-12;1-2-15-11(14)10-9(13)7-5-6(12)3-4-8(7)16-10;1-2-15-11(14)7-16-10-4-3-9(12)5-8(10)6-13;8-6-1-2-7(10)5(3-6)4-9/h5-7H,3-4H2,1-2H3,(H,16,18);3-5H,2,13H2,1H3;3-5H,2,7H2,1H3;1-3,10H. The Morgan fingerprint density at radius 1 is 0.651 bits per heavy atom. The zero-order valence-corrected chi connectivity index (χ0v) is 40.2. The number of nitrogen functional groups attached to an aromatic ring is 1. The molecule has 0 saturated heterocycles. The van der Waals surface area contributed by atoms with E-state index in [2.05, 4.69) is 69.0 Å². The molecule has 0 bridgehead atoms. The summed E-state index contributed by atoms with van der Waals surface area (Å²) >= 11 is 13.1. The Bertz CT molecular complexity index is 2650. The van der Waals surface area contributed by atoms with Gasteiger partial charge in [0.15, 0.2) is 6.61 Å². The van der Waals surface area contributed by atoms with E-state index >= 15 is 0 Å². The highest BCUT2D eigenvalue weighted by molar-refractivity contribution is 9.11. The molecule has 0 atom stereocenters. The van der Waals surface area contributed by atoms with Crippen LogP contribution in [0, 0.1) is 22.7 Å². The fourth-order valence-corrected chi connectivity index (χ4v) is 6.34. The Kier molecular flexibility index (Phi) is 21.0. The van der Waals surface area contributed by atoms with E-state index in [1.807, 2.05) is 18.2 Å². The molecule has 0 aliphatic rings. The second kappa shape index (κ2) is 25.8. The van der Waals surface area contributed by atoms with Gasteiger partial charge in [0, 0.05) is 28.7 Å². The van der Waals surface area contributed by atoms with Gasteiger partial charge >= 0.3 is 24.0 Å². The third kappa shape index (κ3) is 15.4. The Labute approximate surface area is 394 Å². The van der Waals surface area contributed by atoms with E-state index < -0.39 is 24.0 Å². The summed E-state index contributed by atoms with van der Waals surface area (Å²) in [5.74, 6) is -1.23. The maximum atomic E-state index is 11.9. The quantitative estimate of drug-likeness (QED) is 0.0852. The molecule has 0 unspecified atom stereocenters. The van der Waals surface area contributed by atoms with Crippen LogP contribution in [0.2, 0.25) is 0 Å². The number of nitrogens with one attached hydrogen (secondary N) is 1. The first-order valence-electron chi connectivity index (χ1n) is 18.4. The van der Waals surface area contributed by atoms with Gasteiger partial charge in [-0.3, -0.25) is 5.32 Å². The van der Waals surface area contributed by atoms with Crippen LogP contribution in [0.15, 0.2) is 99.5 Å². The van der Waals surface area contributed by atoms with E-state index in [0.29, 0.717) is 52.2 Å². The molecule has 4 aromatic carbocycles. The lowest BCUT2D eigenvalue weighted by atomic mass is 10.2. The number of carbonyl (C=O) groups is 4. The molecule has 4 N–H and O–H groups in total. The Morgan fingerprint density at radius 3 is 1.68 bits per heavy atom. The monoisotopic (exact) mass is 1120 g/mol. The summed E-state index contributed by atoms with van der Waals surface area (Å²) in [6, 6.07) is 24.1. The van der Waals surface area contributed by atoms with E-state index in [4.69, 9.17) is 53.9 Å². The average Bonchev–Trinajstić information content (AvgIpc) is 3.78. The summed E-state index contributed by atoms with van der Waals surface area (Å²) in [6.45, 7) is 7.67. The molecule has 330 valence electrons. The summed E-state index contributed by atoms with van der Waals surface area (Å²) in [5.41, 5.74) is 8.08. The van der Waals surface area contributed by atoms with E-state index in [0.717, 1.165) is 17.9 Å². The molecule has 16 nitrogen and oxygen atoms in total. The van der Waals surface area contributed by atoms with Gasteiger partial charge in [-0.05, 0) is 100 Å². The van der Waals surface area contributed by atoms with Gasteiger partial charge in [0.25, 0.3) is 0 Å². The Balaban J connectivity index is 0.000000230. The lowest BCUT2D eigenvalue weighted by Crippen LogP contribution is -2.15. The predicted octanol–water partition coefficient (Wildman–Crippen LogP) is 11.2. The fraction of sp³-hybridized carbons (Fsp3) is 0.209. The second-order valence-corrected chi connectivity index (χ2v) is 15.5. The maximum Gasteiger partial charge on any atom is 0.411 e. The van der Waals surface area contributed by atoms with Crippen LogP contribution in [-0.4, -0.2) is 62.1 Å². The first kappa shape index (κ1) is 51.3. The van der Waals surface area contributed by atoms with Crippen molar-refractivity contribution in [3.05, 3.63) is 113 Å². The number of halogens is 4. The van der Waals surface area contributed by atoms with Crippen molar-refractivity contribution in [2.75, 3.05) is 44.1 Å². The van der Waals surface area contributed by atoms with E-state index in [1.54, 1.807) is 88.4 Å². The molecule has 6 rings (SSSR count). The molecule has 20 heteroatoms. The first-order chi connectivity index (χ1) is 30.1. The molecule has 0 spiro atoms. The van der Waals surface area contributed by atoms with Gasteiger partial charge in [-0.15, -0.1) is 0 Å². The molecule has 0 fully saturated rings. The smallest absolute Gasteiger partial charge is 0.411 e. The molecule has 0 saturated carbocycles. The minimum Gasteiger partial charge on any atom is -0.507 e. The summed E-state index contributed by atoms with van der Waals surface area (Å²) < 4.78 is 38.6. The van der Waals surface area contributed by atoms with Crippen LogP contribution in [0.5, 0.6) is 11.5 Å². The predicted molar refractivity (Wildman–Crippen MR) is 246 cm³/mol. The number of fused-ring (bicyclic) bond motifs is 2. The molecule has 1 amide bonds. The maximum absolute atomic E-state index is 11.9. The number of aromatic hydroxyl groups is 1. The van der Waals surface area contributed by atoms with Crippen molar-refractivity contribution in [2.24, 2.45) is 0 Å². The van der Waals surface area contributed by atoms with Gasteiger partial charge < -0.3 is 43.4 Å². The molecular weight excluding hydrogens is 1080 g/mol. The highest BCUT2D eigenvalue weighted by atomic mass is 79.9. The first-order valence-corrected chi connectivity index (χ1v) is 21.6. The minimum atomic E-state index is -0.661. The van der Waals surface area contributed by atoms with Crippen LogP contribution in [0.1, 0.15) is 59.9 Å². The third-order valence-corrected chi connectivity index (χ3v) is 9.53. The van der Waals surface area contributed by atoms with Crippen molar-refractivity contribution in [2.45, 2.75) is 27.7 Å². The molecule has 2 heterocycles. The number of esters is 3. The average molecular weight is 1120 g/mol. The van der Waals surface area contributed by atoms with Crippen LogP contribution in [0.25, 0.3) is 21.9 Å². The number of hydrogen-bond donors (Lipinski definition) is 3. The highest BCUT2D eigenvalue weighted by Gasteiger charge is 2.24. The van der Waals surface area contributed by atoms with E-state index in [-0.39, 0.29) is 48.3 Å². The highest BCUT2D eigenvalue weighted by Crippen LogP contribution is 2.34. The molecule has 0 aliphatic carbocycles. The van der Waals surface area contributed by atoms with Crippen LogP contribution in [0.3, 0.4) is 0 Å². The van der Waals surface area contributed by atoms with Gasteiger partial charge in [-0.2, -0.15) is 10.5 Å². The molecule has 2 aromatic heterocycles. The number of anilines is 2. The van der Waals surface area contributed by atoms with Crippen molar-refractivity contribution in [1.29, 1.82) is 10.5 Å². The molecule has 6 aromatic rings. The lowest BCUT2D eigenvalue weighted by molar-refractivity contribution is -0.145. The van der Waals surface area contributed by atoms with Crippen molar-refractivity contribution in [3.63, 3.8) is 0 Å². The van der Waals surface area contributed by atoms with Crippen molar-refractivity contribution >= 4 is 121 Å². The molecular formula is C43H38Br4N4O12. The summed E-state index contributed by atoms with van der Waals surface area (Å²) in [4.78, 5) is 46.1. The number of amides is 1. The molecule has 0 radical (unpaired) electrons. The Hall–Kier alpha value is -6.06. The second-order valence-electron chi connectivity index (χ2n) is 11.8. The number of phenols is 1. The van der Waals surface area contributed by atoms with Gasteiger partial charge in [0.1, 0.15) is 40.5 Å². The van der Waals surface area contributed by atoms with Crippen LogP contribution >= 0.6 is 63.7 Å². The number of phenolic OH excluding ortho intramolecular Hbond substituents is 1. The van der Waals surface area contributed by atoms with Crippen molar-refractivity contribution in [3.8, 4) is 23.6 Å². The zero-order chi connectivity index (χ0) is 46.6. The van der Waals surface area contributed by atoms with E-state index in [9.17, 15) is 19.2 Å². The fourth-order valence-electron chi connectivity index (χ4n) is 4.89. The number of nitriles is 2. The number of benzene rings is 4. The van der Waals surface area contributed by atoms with Crippen LogP contribution < -0.4 is 15.8 Å². The van der Waals surface area contributed by atoms with Crippen LogP contribution in [-0.2, 0) is 23.7 Å². The minimum absolute atomic E-state index is 0.0192.